The van der Waals surface area contributed by atoms with Crippen molar-refractivity contribution in [2.75, 3.05) is 0 Å². The number of carbonyl (C=O) groups is 1. The highest BCUT2D eigenvalue weighted by Crippen LogP contribution is 2.66. The van der Waals surface area contributed by atoms with Gasteiger partial charge in [0.25, 0.3) is 0 Å². The van der Waals surface area contributed by atoms with E-state index in [1.165, 1.54) is 94.8 Å². The summed E-state index contributed by atoms with van der Waals surface area (Å²) in [5.41, 5.74) is 2.24. The molecule has 0 heterocycles. The quantitative estimate of drug-likeness (QED) is 0.139. The minimum atomic E-state index is -0.797. The standard InChI is InChI=1S/C34H49FO3/c1-4-5-6-7-8-9-12-24-16-18-28-27-17-15-25-23-26(37-32(36)38-31-14-11-10-13-30(31)35)19-21-34(25,3)29(27)20-22-33(24,28)2/h10-11,13-15,24,26-29H,4-9,12,16-23H2,1-3H3/t24-,26+,27+,28-,29-,33-,34+/m1/s1. The Morgan fingerprint density at radius 1 is 0.974 bits per heavy atom. The maximum Gasteiger partial charge on any atom is 0.514 e. The Morgan fingerprint density at radius 2 is 1.76 bits per heavy atom. The van der Waals surface area contributed by atoms with Crippen molar-refractivity contribution in [3.8, 4) is 5.75 Å². The van der Waals surface area contributed by atoms with Crippen molar-refractivity contribution in [2.45, 2.75) is 123 Å². The summed E-state index contributed by atoms with van der Waals surface area (Å²) in [6.07, 6.45) is 20.9. The number of unbranched alkanes of at least 4 members (excludes halogenated alkanes) is 5. The first-order valence-electron chi connectivity index (χ1n) is 15.7. The molecule has 38 heavy (non-hydrogen) atoms. The van der Waals surface area contributed by atoms with Crippen LogP contribution in [-0.2, 0) is 4.74 Å². The van der Waals surface area contributed by atoms with E-state index in [2.05, 4.69) is 26.8 Å². The fourth-order valence-electron chi connectivity index (χ4n) is 9.26. The Labute approximate surface area is 229 Å². The van der Waals surface area contributed by atoms with Gasteiger partial charge in [0.15, 0.2) is 11.6 Å². The number of rotatable bonds is 9. The van der Waals surface area contributed by atoms with E-state index in [9.17, 15) is 9.18 Å². The number of ether oxygens (including phenoxy) is 2. The molecule has 1 aromatic rings. The minimum Gasteiger partial charge on any atom is -0.430 e. The van der Waals surface area contributed by atoms with Crippen molar-refractivity contribution in [3.05, 3.63) is 41.7 Å². The molecule has 0 bridgehead atoms. The summed E-state index contributed by atoms with van der Waals surface area (Å²) in [6, 6.07) is 5.97. The fourth-order valence-corrected chi connectivity index (χ4v) is 9.26. The molecule has 0 N–H and O–H groups in total. The summed E-state index contributed by atoms with van der Waals surface area (Å²) in [5, 5.41) is 0. The molecule has 210 valence electrons. The van der Waals surface area contributed by atoms with Crippen LogP contribution in [0.5, 0.6) is 5.75 Å². The molecule has 0 amide bonds. The van der Waals surface area contributed by atoms with E-state index in [1.807, 2.05) is 0 Å². The van der Waals surface area contributed by atoms with Crippen molar-refractivity contribution in [1.82, 2.24) is 0 Å². The van der Waals surface area contributed by atoms with Crippen LogP contribution in [0.3, 0.4) is 0 Å². The molecule has 3 nitrogen and oxygen atoms in total. The number of para-hydroxylation sites is 1. The Balaban J connectivity index is 1.18. The third-order valence-electron chi connectivity index (χ3n) is 11.5. The lowest BCUT2D eigenvalue weighted by atomic mass is 9.47. The summed E-state index contributed by atoms with van der Waals surface area (Å²) in [4.78, 5) is 12.4. The van der Waals surface area contributed by atoms with E-state index >= 15 is 0 Å². The molecule has 4 aliphatic carbocycles. The Hall–Kier alpha value is -1.84. The van der Waals surface area contributed by atoms with Gasteiger partial charge in [0, 0.05) is 6.42 Å². The van der Waals surface area contributed by atoms with Gasteiger partial charge in [-0.25, -0.2) is 9.18 Å². The first kappa shape index (κ1) is 27.7. The Bertz CT molecular complexity index is 1000. The van der Waals surface area contributed by atoms with Gasteiger partial charge in [0.2, 0.25) is 0 Å². The van der Waals surface area contributed by atoms with Gasteiger partial charge in [-0.1, -0.05) is 83.1 Å². The molecule has 3 fully saturated rings. The number of hydrogen-bond acceptors (Lipinski definition) is 3. The van der Waals surface area contributed by atoms with Crippen molar-refractivity contribution in [2.24, 2.45) is 34.5 Å². The number of benzene rings is 1. The first-order valence-corrected chi connectivity index (χ1v) is 15.7. The molecule has 5 rings (SSSR count). The molecule has 3 saturated carbocycles. The van der Waals surface area contributed by atoms with Crippen LogP contribution < -0.4 is 4.74 Å². The summed E-state index contributed by atoms with van der Waals surface area (Å²) >= 11 is 0. The zero-order valence-corrected chi connectivity index (χ0v) is 24.0. The van der Waals surface area contributed by atoms with Crippen LogP contribution >= 0.6 is 0 Å². The fraction of sp³-hybridized carbons (Fsp3) is 0.735. The lowest BCUT2D eigenvalue weighted by molar-refractivity contribution is -0.0538. The molecule has 0 unspecified atom stereocenters. The van der Waals surface area contributed by atoms with Crippen LogP contribution in [0, 0.1) is 40.3 Å². The second-order valence-electron chi connectivity index (χ2n) is 13.4. The van der Waals surface area contributed by atoms with Crippen LogP contribution in [-0.4, -0.2) is 12.3 Å². The van der Waals surface area contributed by atoms with E-state index in [0.29, 0.717) is 5.41 Å². The number of hydrogen-bond donors (Lipinski definition) is 0. The van der Waals surface area contributed by atoms with E-state index in [1.54, 1.807) is 12.1 Å². The molecule has 0 aromatic heterocycles. The predicted octanol–water partition coefficient (Wildman–Crippen LogP) is 10.0. The number of carbonyl (C=O) groups excluding carboxylic acids is 1. The van der Waals surface area contributed by atoms with Gasteiger partial charge < -0.3 is 9.47 Å². The van der Waals surface area contributed by atoms with Crippen LogP contribution in [0.4, 0.5) is 9.18 Å². The minimum absolute atomic E-state index is 0.0745. The van der Waals surface area contributed by atoms with Gasteiger partial charge in [-0.15, -0.1) is 0 Å². The van der Waals surface area contributed by atoms with Crippen molar-refractivity contribution in [1.29, 1.82) is 0 Å². The highest BCUT2D eigenvalue weighted by atomic mass is 19.1. The molecule has 4 heteroatoms. The van der Waals surface area contributed by atoms with E-state index in [4.69, 9.17) is 9.47 Å². The highest BCUT2D eigenvalue weighted by molar-refractivity contribution is 5.64. The van der Waals surface area contributed by atoms with Gasteiger partial charge >= 0.3 is 6.16 Å². The molecule has 0 aliphatic heterocycles. The molecular formula is C34H49FO3. The summed E-state index contributed by atoms with van der Waals surface area (Å²) in [6.45, 7) is 7.44. The smallest absolute Gasteiger partial charge is 0.430 e. The monoisotopic (exact) mass is 524 g/mol. The maximum atomic E-state index is 13.9. The van der Waals surface area contributed by atoms with Gasteiger partial charge in [-0.2, -0.15) is 0 Å². The number of allylic oxidation sites excluding steroid dienone is 1. The van der Waals surface area contributed by atoms with Gasteiger partial charge in [0.05, 0.1) is 0 Å². The van der Waals surface area contributed by atoms with Crippen LogP contribution in [0.1, 0.15) is 117 Å². The van der Waals surface area contributed by atoms with E-state index in [0.717, 1.165) is 42.9 Å². The molecule has 4 aliphatic rings. The second kappa shape index (κ2) is 11.7. The van der Waals surface area contributed by atoms with Crippen LogP contribution in [0.2, 0.25) is 0 Å². The lowest BCUT2D eigenvalue weighted by Gasteiger charge is -2.58. The van der Waals surface area contributed by atoms with Gasteiger partial charge in [0.1, 0.15) is 6.10 Å². The number of halogens is 1. The average molecular weight is 525 g/mol. The molecule has 0 saturated heterocycles. The summed E-state index contributed by atoms with van der Waals surface area (Å²) in [5.74, 6) is 2.72. The SMILES string of the molecule is CCCCCCCC[C@@H]1CC[C@@H]2[C@@H]3CC=C4C[C@@H](OC(=O)Oc5ccccc5F)CC[C@]4(C)[C@@H]3CC[C@]12C. The Morgan fingerprint density at radius 3 is 2.58 bits per heavy atom. The topological polar surface area (TPSA) is 35.5 Å². The van der Waals surface area contributed by atoms with Gasteiger partial charge in [-0.3, -0.25) is 0 Å². The summed E-state index contributed by atoms with van der Waals surface area (Å²) in [7, 11) is 0. The normalized spacial score (nSPS) is 36.0. The Kier molecular flexibility index (Phi) is 8.55. The first-order chi connectivity index (χ1) is 18.3. The zero-order valence-electron chi connectivity index (χ0n) is 24.0. The molecule has 0 radical (unpaired) electrons. The molecule has 7 atom stereocenters. The maximum absolute atomic E-state index is 13.9. The lowest BCUT2D eigenvalue weighted by Crippen LogP contribution is -2.50. The van der Waals surface area contributed by atoms with Crippen LogP contribution in [0.25, 0.3) is 0 Å². The van der Waals surface area contributed by atoms with E-state index < -0.39 is 12.0 Å². The third-order valence-corrected chi connectivity index (χ3v) is 11.5. The van der Waals surface area contributed by atoms with Crippen molar-refractivity contribution >= 4 is 6.16 Å². The van der Waals surface area contributed by atoms with E-state index in [-0.39, 0.29) is 17.3 Å². The van der Waals surface area contributed by atoms with Crippen LogP contribution in [0.15, 0.2) is 35.9 Å². The van der Waals surface area contributed by atoms with Crippen molar-refractivity contribution < 1.29 is 18.7 Å². The summed E-state index contributed by atoms with van der Waals surface area (Å²) < 4.78 is 24.7. The zero-order chi connectivity index (χ0) is 26.8. The molecule has 1 aromatic carbocycles. The van der Waals surface area contributed by atoms with Crippen molar-refractivity contribution in [3.63, 3.8) is 0 Å². The molecule has 0 spiro atoms. The predicted molar refractivity (Wildman–Crippen MR) is 150 cm³/mol. The third kappa shape index (κ3) is 5.43. The largest absolute Gasteiger partial charge is 0.514 e. The second-order valence-corrected chi connectivity index (χ2v) is 13.4. The van der Waals surface area contributed by atoms with Gasteiger partial charge in [-0.05, 0) is 98.0 Å². The highest BCUT2D eigenvalue weighted by Gasteiger charge is 2.58. The number of fused-ring (bicyclic) bond motifs is 5. The average Bonchev–Trinajstić information content (AvgIpc) is 3.24. The molecular weight excluding hydrogens is 475 g/mol.